The lowest BCUT2D eigenvalue weighted by molar-refractivity contribution is 0.300. The predicted molar refractivity (Wildman–Crippen MR) is 122 cm³/mol. The number of fused-ring (bicyclic) bond motifs is 1. The average molecular weight is 463 g/mol. The molecule has 2 aromatic carbocycles. The molecule has 1 aliphatic rings. The molecule has 0 bridgehead atoms. The maximum absolute atomic E-state index is 14.0. The number of ether oxygens (including phenoxy) is 1. The molecule has 4 rings (SSSR count). The second-order valence-corrected chi connectivity index (χ2v) is 7.37. The first-order valence-electron chi connectivity index (χ1n) is 9.57. The van der Waals surface area contributed by atoms with E-state index in [4.69, 9.17) is 33.1 Å². The van der Waals surface area contributed by atoms with Gasteiger partial charge in [-0.05, 0) is 29.8 Å². The van der Waals surface area contributed by atoms with Crippen molar-refractivity contribution in [1.29, 1.82) is 10.5 Å². The van der Waals surface area contributed by atoms with Gasteiger partial charge in [0.15, 0.2) is 6.19 Å². The minimum Gasteiger partial charge on any atom is -0.489 e. The first-order valence-corrected chi connectivity index (χ1v) is 9.95. The molecule has 6 N–H and O–H groups in total. The van der Waals surface area contributed by atoms with Gasteiger partial charge in [0.1, 0.15) is 47.5 Å². The van der Waals surface area contributed by atoms with Gasteiger partial charge in [0.05, 0.1) is 10.7 Å². The number of guanidine groups is 1. The molecule has 164 valence electrons. The van der Waals surface area contributed by atoms with Crippen molar-refractivity contribution < 1.29 is 9.13 Å². The van der Waals surface area contributed by atoms with Crippen LogP contribution in [0.4, 0.5) is 21.7 Å². The lowest BCUT2D eigenvalue weighted by Gasteiger charge is -2.26. The number of aliphatic imine (C=N–C) groups is 1. The van der Waals surface area contributed by atoms with E-state index in [9.17, 15) is 9.65 Å². The van der Waals surface area contributed by atoms with Crippen LogP contribution in [0.3, 0.4) is 0 Å². The Bertz CT molecular complexity index is 1320. The summed E-state index contributed by atoms with van der Waals surface area (Å²) in [6.45, 7) is -0.0445. The third-order valence-electron chi connectivity index (χ3n) is 5.00. The Morgan fingerprint density at radius 1 is 1.18 bits per heavy atom. The van der Waals surface area contributed by atoms with Crippen LogP contribution < -0.4 is 26.8 Å². The number of nitrogens with zero attached hydrogens (tertiary/aromatic N) is 4. The molecule has 0 aliphatic carbocycles. The van der Waals surface area contributed by atoms with Crippen molar-refractivity contribution in [3.05, 3.63) is 75.6 Å². The van der Waals surface area contributed by atoms with E-state index in [0.29, 0.717) is 16.9 Å². The Labute approximate surface area is 193 Å². The zero-order valence-electron chi connectivity index (χ0n) is 16.9. The predicted octanol–water partition coefficient (Wildman–Crippen LogP) is 3.43. The smallest absolute Gasteiger partial charge is 0.211 e. The number of anilines is 3. The standard InChI is InChI=1S/C22H16ClFN8O/c23-15-2-1-3-16(24)14(15)9-33-12-6-4-11(5-7-12)19-17-18(27)13(8-25)20(28)31-21(17)32-22(30-19)29-10-26/h1-7,19H,9H2,(H6,27,28,29,30,31,32). The summed E-state index contributed by atoms with van der Waals surface area (Å²) in [5, 5.41) is 24.0. The van der Waals surface area contributed by atoms with Crippen molar-refractivity contribution in [2.24, 2.45) is 4.99 Å². The number of nitrogen functional groups attached to an aromatic ring is 2. The first kappa shape index (κ1) is 21.7. The molecule has 1 aliphatic heterocycles. The molecule has 0 fully saturated rings. The second-order valence-electron chi connectivity index (χ2n) is 6.96. The van der Waals surface area contributed by atoms with E-state index in [-0.39, 0.29) is 46.0 Å². The number of benzene rings is 2. The highest BCUT2D eigenvalue weighted by Gasteiger charge is 2.29. The van der Waals surface area contributed by atoms with Crippen molar-refractivity contribution in [3.8, 4) is 18.0 Å². The van der Waals surface area contributed by atoms with Gasteiger partial charge in [-0.3, -0.25) is 5.32 Å². The summed E-state index contributed by atoms with van der Waals surface area (Å²) in [5.41, 5.74) is 13.7. The molecule has 11 heteroatoms. The molecule has 33 heavy (non-hydrogen) atoms. The van der Waals surface area contributed by atoms with Gasteiger partial charge >= 0.3 is 0 Å². The molecule has 0 spiro atoms. The van der Waals surface area contributed by atoms with E-state index in [2.05, 4.69) is 20.6 Å². The number of nitrogens with two attached hydrogens (primary N) is 2. The molecule has 2 heterocycles. The summed E-state index contributed by atoms with van der Waals surface area (Å²) in [6, 6.07) is 12.6. The summed E-state index contributed by atoms with van der Waals surface area (Å²) >= 11 is 6.04. The van der Waals surface area contributed by atoms with Crippen molar-refractivity contribution in [2.75, 3.05) is 16.8 Å². The van der Waals surface area contributed by atoms with E-state index in [1.165, 1.54) is 12.1 Å². The van der Waals surface area contributed by atoms with Crippen LogP contribution in [0.25, 0.3) is 0 Å². The van der Waals surface area contributed by atoms with Crippen LogP contribution in [0.5, 0.6) is 5.75 Å². The normalized spacial score (nSPS) is 14.2. The van der Waals surface area contributed by atoms with Gasteiger partial charge in [-0.1, -0.05) is 29.8 Å². The maximum Gasteiger partial charge on any atom is 0.211 e. The highest BCUT2D eigenvalue weighted by molar-refractivity contribution is 6.31. The van der Waals surface area contributed by atoms with Crippen LogP contribution in [0.15, 0.2) is 47.5 Å². The number of rotatable bonds is 4. The zero-order valence-corrected chi connectivity index (χ0v) is 17.7. The van der Waals surface area contributed by atoms with Crippen LogP contribution in [-0.4, -0.2) is 10.9 Å². The van der Waals surface area contributed by atoms with E-state index < -0.39 is 11.9 Å². The number of nitriles is 2. The molecule has 0 amide bonds. The van der Waals surface area contributed by atoms with Gasteiger partial charge < -0.3 is 21.5 Å². The quantitative estimate of drug-likeness (QED) is 0.339. The average Bonchev–Trinajstić information content (AvgIpc) is 2.79. The Morgan fingerprint density at radius 2 is 1.94 bits per heavy atom. The molecule has 0 saturated carbocycles. The summed E-state index contributed by atoms with van der Waals surface area (Å²) in [4.78, 5) is 8.70. The molecule has 1 atom stereocenters. The Balaban J connectivity index is 1.66. The number of hydrogen-bond donors (Lipinski definition) is 4. The molecule has 1 aromatic heterocycles. The SMILES string of the molecule is N#CNC1=NC(c2ccc(OCc3c(F)cccc3Cl)cc2)c2c(nc(N)c(C#N)c2N)N1. The Morgan fingerprint density at radius 3 is 2.61 bits per heavy atom. The molecule has 3 aromatic rings. The fourth-order valence-corrected chi connectivity index (χ4v) is 3.61. The topological polar surface area (TPSA) is 158 Å². The summed E-state index contributed by atoms with van der Waals surface area (Å²) < 4.78 is 19.6. The third kappa shape index (κ3) is 4.15. The van der Waals surface area contributed by atoms with Crippen molar-refractivity contribution >= 4 is 34.9 Å². The molecule has 0 saturated heterocycles. The minimum atomic E-state index is -0.674. The minimum absolute atomic E-state index is 0.0336. The van der Waals surface area contributed by atoms with Crippen LogP contribution in [0.1, 0.15) is 28.3 Å². The lowest BCUT2D eigenvalue weighted by atomic mass is 9.95. The number of hydrogen-bond acceptors (Lipinski definition) is 9. The van der Waals surface area contributed by atoms with Crippen molar-refractivity contribution in [2.45, 2.75) is 12.6 Å². The van der Waals surface area contributed by atoms with Crippen molar-refractivity contribution in [1.82, 2.24) is 10.3 Å². The molecular weight excluding hydrogens is 447 g/mol. The number of pyridine rings is 1. The van der Waals surface area contributed by atoms with Crippen LogP contribution in [-0.2, 0) is 6.61 Å². The second kappa shape index (κ2) is 8.91. The third-order valence-corrected chi connectivity index (χ3v) is 5.35. The number of nitrogens with one attached hydrogen (secondary N) is 2. The van der Waals surface area contributed by atoms with Gasteiger partial charge in [0.2, 0.25) is 5.96 Å². The van der Waals surface area contributed by atoms with Crippen molar-refractivity contribution in [3.63, 3.8) is 0 Å². The molecule has 0 radical (unpaired) electrons. The number of aromatic nitrogens is 1. The highest BCUT2D eigenvalue weighted by atomic mass is 35.5. The Hall–Kier alpha value is -4.54. The largest absolute Gasteiger partial charge is 0.489 e. The summed E-state index contributed by atoms with van der Waals surface area (Å²) in [6.07, 6.45) is 1.80. The first-order chi connectivity index (χ1) is 15.9. The molecule has 9 nitrogen and oxygen atoms in total. The van der Waals surface area contributed by atoms with Crippen LogP contribution in [0.2, 0.25) is 5.02 Å². The molecule has 1 unspecified atom stereocenters. The molecular formula is C22H16ClFN8O. The van der Waals surface area contributed by atoms with E-state index in [0.717, 1.165) is 0 Å². The van der Waals surface area contributed by atoms with E-state index in [1.54, 1.807) is 36.5 Å². The van der Waals surface area contributed by atoms with Crippen LogP contribution >= 0.6 is 11.6 Å². The van der Waals surface area contributed by atoms with Gasteiger partial charge in [0.25, 0.3) is 0 Å². The summed E-state index contributed by atoms with van der Waals surface area (Å²) in [5.74, 6) is 0.436. The maximum atomic E-state index is 14.0. The number of halogens is 2. The highest BCUT2D eigenvalue weighted by Crippen LogP contribution is 2.40. The van der Waals surface area contributed by atoms with Crippen LogP contribution in [0, 0.1) is 28.6 Å². The van der Waals surface area contributed by atoms with Gasteiger partial charge in [-0.2, -0.15) is 10.5 Å². The van der Waals surface area contributed by atoms with E-state index in [1.807, 2.05) is 6.07 Å². The zero-order chi connectivity index (χ0) is 23.5. The summed E-state index contributed by atoms with van der Waals surface area (Å²) in [7, 11) is 0. The lowest BCUT2D eigenvalue weighted by Crippen LogP contribution is -2.32. The fourth-order valence-electron chi connectivity index (χ4n) is 3.39. The van der Waals surface area contributed by atoms with Gasteiger partial charge in [-0.25, -0.2) is 14.4 Å². The van der Waals surface area contributed by atoms with Gasteiger partial charge in [0, 0.05) is 11.1 Å². The fraction of sp³-hybridized carbons (Fsp3) is 0.0909. The van der Waals surface area contributed by atoms with E-state index >= 15 is 0 Å². The van der Waals surface area contributed by atoms with Gasteiger partial charge in [-0.15, -0.1) is 0 Å². The monoisotopic (exact) mass is 462 g/mol. The Kier molecular flexibility index (Phi) is 5.85.